The van der Waals surface area contributed by atoms with Gasteiger partial charge in [0.2, 0.25) is 5.76 Å². The van der Waals surface area contributed by atoms with Crippen LogP contribution in [0.25, 0.3) is 0 Å². The van der Waals surface area contributed by atoms with E-state index in [0.717, 1.165) is 55.2 Å². The number of benzene rings is 1. The van der Waals surface area contributed by atoms with E-state index in [0.29, 0.717) is 25.9 Å². The predicted molar refractivity (Wildman–Crippen MR) is 114 cm³/mol. The summed E-state index contributed by atoms with van der Waals surface area (Å²) < 4.78 is 16.4. The minimum absolute atomic E-state index is 0.139. The van der Waals surface area contributed by atoms with Crippen LogP contribution in [0.1, 0.15) is 53.4 Å². The van der Waals surface area contributed by atoms with E-state index in [9.17, 15) is 9.90 Å². The Morgan fingerprint density at radius 3 is 2.74 bits per heavy atom. The van der Waals surface area contributed by atoms with Gasteiger partial charge in [-0.25, -0.2) is 0 Å². The molecule has 8 nitrogen and oxygen atoms in total. The number of hydrogen-bond acceptors (Lipinski definition) is 7. The minimum atomic E-state index is -0.314. The van der Waals surface area contributed by atoms with Crippen molar-refractivity contribution in [2.45, 2.75) is 44.2 Å². The van der Waals surface area contributed by atoms with E-state index in [1.807, 2.05) is 12.1 Å². The number of aromatic nitrogens is 1. The smallest absolute Gasteiger partial charge is 0.292 e. The first kappa shape index (κ1) is 21.6. The van der Waals surface area contributed by atoms with Crippen molar-refractivity contribution in [1.29, 1.82) is 0 Å². The lowest BCUT2D eigenvalue weighted by Crippen LogP contribution is -2.39. The summed E-state index contributed by atoms with van der Waals surface area (Å²) >= 11 is 0. The highest BCUT2D eigenvalue weighted by Crippen LogP contribution is 2.33. The zero-order chi connectivity index (χ0) is 21.8. The average Bonchev–Trinajstić information content (AvgIpc) is 3.29. The molecule has 0 unspecified atom stereocenters. The summed E-state index contributed by atoms with van der Waals surface area (Å²) in [4.78, 5) is 16.8. The summed E-state index contributed by atoms with van der Waals surface area (Å²) in [5.41, 5.74) is 1.92. The molecule has 2 aromatic rings. The third-order valence-corrected chi connectivity index (χ3v) is 6.29. The highest BCUT2D eigenvalue weighted by molar-refractivity contribution is 5.91. The second-order valence-electron chi connectivity index (χ2n) is 8.37. The standard InChI is InChI=1S/C23H31N3O5/c1-29-20-7-3-5-17(22(20)30-2)15-25-10-4-6-16(14-25)19-13-21(31-24-19)23(28)26-11-8-18(27)9-12-26/h3,5,7,13,16,18,27H,4,6,8-12,14-15H2,1-2H3/t16-/m1/s1. The van der Waals surface area contributed by atoms with Gasteiger partial charge in [0.25, 0.3) is 5.91 Å². The van der Waals surface area contributed by atoms with Gasteiger partial charge >= 0.3 is 0 Å². The largest absolute Gasteiger partial charge is 0.493 e. The first-order valence-corrected chi connectivity index (χ1v) is 10.9. The summed E-state index contributed by atoms with van der Waals surface area (Å²) in [6.45, 7) is 3.70. The number of aliphatic hydroxyl groups is 1. The molecule has 2 aliphatic heterocycles. The molecule has 2 aliphatic rings. The SMILES string of the molecule is COc1cccc(CN2CCC[C@@H](c3cc(C(=O)N4CCC(O)CC4)on3)C2)c1OC. The number of rotatable bonds is 6. The number of carbonyl (C=O) groups excluding carboxylic acids is 1. The lowest BCUT2D eigenvalue weighted by Gasteiger charge is -2.32. The van der Waals surface area contributed by atoms with Crippen molar-refractivity contribution in [3.05, 3.63) is 41.3 Å². The number of likely N-dealkylation sites (tertiary alicyclic amines) is 2. The normalized spacial score (nSPS) is 20.6. The van der Waals surface area contributed by atoms with E-state index in [-0.39, 0.29) is 23.7 Å². The fourth-order valence-electron chi connectivity index (χ4n) is 4.57. The second kappa shape index (κ2) is 9.70. The van der Waals surface area contributed by atoms with Gasteiger partial charge in [0.15, 0.2) is 11.5 Å². The van der Waals surface area contributed by atoms with Crippen LogP contribution in [-0.2, 0) is 6.54 Å². The number of carbonyl (C=O) groups is 1. The molecule has 1 aromatic heterocycles. The lowest BCUT2D eigenvalue weighted by atomic mass is 9.94. The van der Waals surface area contributed by atoms with Gasteiger partial charge in [-0.05, 0) is 38.3 Å². The van der Waals surface area contributed by atoms with Crippen molar-refractivity contribution in [3.63, 3.8) is 0 Å². The van der Waals surface area contributed by atoms with Gasteiger partial charge in [0, 0.05) is 43.7 Å². The monoisotopic (exact) mass is 429 g/mol. The van der Waals surface area contributed by atoms with E-state index in [2.05, 4.69) is 16.1 Å². The Morgan fingerprint density at radius 2 is 2.00 bits per heavy atom. The molecule has 4 rings (SSSR count). The molecule has 168 valence electrons. The van der Waals surface area contributed by atoms with Gasteiger partial charge in [0.05, 0.1) is 26.0 Å². The fraction of sp³-hybridized carbons (Fsp3) is 0.565. The first-order valence-electron chi connectivity index (χ1n) is 10.9. The maximum Gasteiger partial charge on any atom is 0.292 e. The molecule has 8 heteroatoms. The number of piperidine rings is 2. The highest BCUT2D eigenvalue weighted by Gasteiger charge is 2.29. The number of ether oxygens (including phenoxy) is 2. The number of aliphatic hydroxyl groups excluding tert-OH is 1. The summed E-state index contributed by atoms with van der Waals surface area (Å²) in [6, 6.07) is 7.74. The summed E-state index contributed by atoms with van der Waals surface area (Å²) in [5.74, 6) is 1.88. The highest BCUT2D eigenvalue weighted by atomic mass is 16.5. The Labute approximate surface area is 182 Å². The van der Waals surface area contributed by atoms with Gasteiger partial charge in [-0.3, -0.25) is 9.69 Å². The maximum absolute atomic E-state index is 12.7. The van der Waals surface area contributed by atoms with E-state index in [1.54, 1.807) is 25.2 Å². The number of hydrogen-bond donors (Lipinski definition) is 1. The Morgan fingerprint density at radius 1 is 1.19 bits per heavy atom. The van der Waals surface area contributed by atoms with Gasteiger partial charge in [0.1, 0.15) is 0 Å². The van der Waals surface area contributed by atoms with Crippen molar-refractivity contribution in [2.75, 3.05) is 40.4 Å². The first-order chi connectivity index (χ1) is 15.1. The summed E-state index contributed by atoms with van der Waals surface area (Å²) in [6.07, 6.45) is 2.97. The van der Waals surface area contributed by atoms with Crippen LogP contribution in [0.4, 0.5) is 0 Å². The van der Waals surface area contributed by atoms with Crippen LogP contribution in [0.2, 0.25) is 0 Å². The molecule has 0 aliphatic carbocycles. The Balaban J connectivity index is 1.41. The molecule has 0 spiro atoms. The quantitative estimate of drug-likeness (QED) is 0.755. The van der Waals surface area contributed by atoms with Crippen LogP contribution in [-0.4, -0.2) is 72.5 Å². The van der Waals surface area contributed by atoms with Crippen LogP contribution in [0, 0.1) is 0 Å². The molecule has 0 bridgehead atoms. The van der Waals surface area contributed by atoms with Crippen LogP contribution in [0.15, 0.2) is 28.8 Å². The minimum Gasteiger partial charge on any atom is -0.493 e. The van der Waals surface area contributed by atoms with Gasteiger partial charge in [-0.2, -0.15) is 0 Å². The molecule has 1 atom stereocenters. The number of para-hydroxylation sites is 1. The summed E-state index contributed by atoms with van der Waals surface area (Å²) in [7, 11) is 3.31. The van der Waals surface area contributed by atoms with Crippen molar-refractivity contribution >= 4 is 5.91 Å². The summed E-state index contributed by atoms with van der Waals surface area (Å²) in [5, 5.41) is 13.9. The van der Waals surface area contributed by atoms with Crippen molar-refractivity contribution in [3.8, 4) is 11.5 Å². The Hall–Kier alpha value is -2.58. The zero-order valence-electron chi connectivity index (χ0n) is 18.2. The van der Waals surface area contributed by atoms with Gasteiger partial charge in [-0.1, -0.05) is 17.3 Å². The number of methoxy groups -OCH3 is 2. The molecule has 2 saturated heterocycles. The number of amides is 1. The van der Waals surface area contributed by atoms with Crippen molar-refractivity contribution < 1.29 is 23.9 Å². The van der Waals surface area contributed by atoms with E-state index < -0.39 is 0 Å². The van der Waals surface area contributed by atoms with Crippen molar-refractivity contribution in [2.24, 2.45) is 0 Å². The van der Waals surface area contributed by atoms with Crippen LogP contribution in [0.3, 0.4) is 0 Å². The molecule has 1 aromatic carbocycles. The molecule has 31 heavy (non-hydrogen) atoms. The average molecular weight is 430 g/mol. The second-order valence-corrected chi connectivity index (χ2v) is 8.37. The molecule has 1 amide bonds. The van der Waals surface area contributed by atoms with E-state index in [4.69, 9.17) is 14.0 Å². The van der Waals surface area contributed by atoms with Crippen LogP contribution in [0.5, 0.6) is 11.5 Å². The van der Waals surface area contributed by atoms with Crippen LogP contribution < -0.4 is 9.47 Å². The maximum atomic E-state index is 12.7. The molecule has 0 saturated carbocycles. The topological polar surface area (TPSA) is 88.3 Å². The van der Waals surface area contributed by atoms with Crippen molar-refractivity contribution in [1.82, 2.24) is 15.0 Å². The van der Waals surface area contributed by atoms with E-state index in [1.165, 1.54) is 0 Å². The molecular weight excluding hydrogens is 398 g/mol. The fourth-order valence-corrected chi connectivity index (χ4v) is 4.57. The molecule has 3 heterocycles. The predicted octanol–water partition coefficient (Wildman–Crippen LogP) is 2.67. The van der Waals surface area contributed by atoms with Crippen LogP contribution >= 0.6 is 0 Å². The lowest BCUT2D eigenvalue weighted by molar-refractivity contribution is 0.0512. The zero-order valence-corrected chi connectivity index (χ0v) is 18.2. The Bertz CT molecular complexity index is 891. The molecular formula is C23H31N3O5. The molecule has 0 radical (unpaired) electrons. The molecule has 2 fully saturated rings. The number of nitrogens with zero attached hydrogens (tertiary/aromatic N) is 3. The van der Waals surface area contributed by atoms with Gasteiger partial charge < -0.3 is 24.0 Å². The third kappa shape index (κ3) is 4.85. The van der Waals surface area contributed by atoms with Gasteiger partial charge in [-0.15, -0.1) is 0 Å². The Kier molecular flexibility index (Phi) is 6.77. The third-order valence-electron chi connectivity index (χ3n) is 6.29. The molecule has 1 N–H and O–H groups in total. The van der Waals surface area contributed by atoms with E-state index >= 15 is 0 Å².